The number of rotatable bonds is 5. The number of hydrogen-bond acceptors (Lipinski definition) is 6. The zero-order chi connectivity index (χ0) is 16.4. The summed E-state index contributed by atoms with van der Waals surface area (Å²) in [5.74, 6) is -2.30. The lowest BCUT2D eigenvalue weighted by atomic mass is 10.1. The molecule has 0 unspecified atom stereocenters. The van der Waals surface area contributed by atoms with Gasteiger partial charge in [-0.25, -0.2) is 14.3 Å². The maximum Gasteiger partial charge on any atom is 0.371 e. The molecule has 2 N–H and O–H groups in total. The Hall–Kier alpha value is -3.49. The molecule has 0 saturated carbocycles. The van der Waals surface area contributed by atoms with E-state index >= 15 is 0 Å². The van der Waals surface area contributed by atoms with Gasteiger partial charge in [-0.1, -0.05) is 5.21 Å². The highest BCUT2D eigenvalue weighted by Crippen LogP contribution is 2.22. The lowest BCUT2D eigenvalue weighted by molar-refractivity contribution is 0.0657. The summed E-state index contributed by atoms with van der Waals surface area (Å²) in [4.78, 5) is 26.1. The summed E-state index contributed by atoms with van der Waals surface area (Å²) in [6.45, 7) is 0.0395. The van der Waals surface area contributed by atoms with E-state index in [1.807, 2.05) is 0 Å². The number of aromatic carboxylic acids is 2. The van der Waals surface area contributed by atoms with Crippen molar-refractivity contribution in [3.63, 3.8) is 0 Å². The first kappa shape index (κ1) is 14.4. The molecule has 3 heterocycles. The Bertz CT molecular complexity index is 868. The highest BCUT2D eigenvalue weighted by atomic mass is 16.4. The maximum absolute atomic E-state index is 11.3. The van der Waals surface area contributed by atoms with Crippen molar-refractivity contribution in [1.82, 2.24) is 20.0 Å². The largest absolute Gasteiger partial charge is 0.476 e. The smallest absolute Gasteiger partial charge is 0.371 e. The number of aromatic nitrogens is 4. The van der Waals surface area contributed by atoms with Crippen molar-refractivity contribution in [2.45, 2.75) is 6.54 Å². The topological polar surface area (TPSA) is 131 Å². The molecule has 9 heteroatoms. The first-order chi connectivity index (χ1) is 11.1. The molecule has 0 aliphatic heterocycles. The van der Waals surface area contributed by atoms with E-state index in [4.69, 9.17) is 9.52 Å². The van der Waals surface area contributed by atoms with E-state index in [1.54, 1.807) is 18.3 Å². The molecule has 116 valence electrons. The van der Waals surface area contributed by atoms with Crippen LogP contribution in [-0.2, 0) is 6.54 Å². The maximum atomic E-state index is 11.3. The summed E-state index contributed by atoms with van der Waals surface area (Å²) < 4.78 is 6.48. The molecule has 0 aromatic carbocycles. The molecule has 0 amide bonds. The van der Waals surface area contributed by atoms with Crippen LogP contribution in [0.2, 0.25) is 0 Å². The fourth-order valence-corrected chi connectivity index (χ4v) is 2.08. The molecule has 23 heavy (non-hydrogen) atoms. The first-order valence-electron chi connectivity index (χ1n) is 6.45. The van der Waals surface area contributed by atoms with Crippen LogP contribution in [0.25, 0.3) is 11.3 Å². The molecular weight excluding hydrogens is 304 g/mol. The van der Waals surface area contributed by atoms with Gasteiger partial charge >= 0.3 is 11.9 Å². The number of furan rings is 1. The molecule has 3 aromatic heterocycles. The highest BCUT2D eigenvalue weighted by molar-refractivity contribution is 5.92. The molecule has 0 saturated heterocycles. The predicted molar refractivity (Wildman–Crippen MR) is 75.0 cm³/mol. The Labute approximate surface area is 128 Å². The average Bonchev–Trinajstić information content (AvgIpc) is 3.15. The van der Waals surface area contributed by atoms with Gasteiger partial charge in [0.05, 0.1) is 0 Å². The monoisotopic (exact) mass is 314 g/mol. The second kappa shape index (κ2) is 5.72. The van der Waals surface area contributed by atoms with E-state index in [2.05, 4.69) is 15.3 Å². The Morgan fingerprint density at radius 3 is 2.61 bits per heavy atom. The third-order valence-electron chi connectivity index (χ3n) is 3.05. The molecule has 0 bridgehead atoms. The Kier molecular flexibility index (Phi) is 3.59. The van der Waals surface area contributed by atoms with Crippen molar-refractivity contribution in [1.29, 1.82) is 0 Å². The molecule has 3 rings (SSSR count). The van der Waals surface area contributed by atoms with E-state index in [9.17, 15) is 14.7 Å². The second-order valence-electron chi connectivity index (χ2n) is 4.56. The van der Waals surface area contributed by atoms with Crippen molar-refractivity contribution in [3.8, 4) is 11.3 Å². The predicted octanol–water partition coefficient (Wildman–Crippen LogP) is 1.38. The minimum atomic E-state index is -1.22. The second-order valence-corrected chi connectivity index (χ2v) is 4.56. The molecule has 0 atom stereocenters. The van der Waals surface area contributed by atoms with Crippen molar-refractivity contribution in [2.24, 2.45) is 0 Å². The number of pyridine rings is 1. The average molecular weight is 314 g/mol. The van der Waals surface area contributed by atoms with E-state index in [0.29, 0.717) is 11.3 Å². The quantitative estimate of drug-likeness (QED) is 0.722. The number of nitrogens with zero attached hydrogens (tertiary/aromatic N) is 4. The van der Waals surface area contributed by atoms with Crippen molar-refractivity contribution in [2.75, 3.05) is 0 Å². The zero-order valence-corrected chi connectivity index (χ0v) is 11.6. The SMILES string of the molecule is O=C(O)c1ccc(Cn2nnc(C(=O)O)c2-c2cccnc2)o1. The first-order valence-corrected chi connectivity index (χ1v) is 6.45. The summed E-state index contributed by atoms with van der Waals surface area (Å²) >= 11 is 0. The van der Waals surface area contributed by atoms with Crippen LogP contribution in [-0.4, -0.2) is 42.1 Å². The van der Waals surface area contributed by atoms with Gasteiger partial charge in [-0.3, -0.25) is 4.98 Å². The third kappa shape index (κ3) is 2.79. The number of hydrogen-bond donors (Lipinski definition) is 2. The summed E-state index contributed by atoms with van der Waals surface area (Å²) in [5.41, 5.74) is 0.571. The van der Waals surface area contributed by atoms with Gasteiger partial charge in [-0.2, -0.15) is 0 Å². The van der Waals surface area contributed by atoms with E-state index in [1.165, 1.54) is 23.0 Å². The summed E-state index contributed by atoms with van der Waals surface area (Å²) in [6.07, 6.45) is 3.05. The molecule has 0 radical (unpaired) electrons. The third-order valence-corrected chi connectivity index (χ3v) is 3.05. The van der Waals surface area contributed by atoms with E-state index in [0.717, 1.165) is 0 Å². The molecule has 0 aliphatic rings. The van der Waals surface area contributed by atoms with Gasteiger partial charge in [0.15, 0.2) is 5.69 Å². The molecule has 3 aromatic rings. The van der Waals surface area contributed by atoms with Crippen molar-refractivity contribution < 1.29 is 24.2 Å². The number of carboxylic acids is 2. The van der Waals surface area contributed by atoms with Crippen LogP contribution < -0.4 is 0 Å². The molecule has 0 fully saturated rings. The lowest BCUT2D eigenvalue weighted by Gasteiger charge is -2.05. The van der Waals surface area contributed by atoms with Crippen LogP contribution in [0.15, 0.2) is 41.1 Å². The van der Waals surface area contributed by atoms with Gasteiger partial charge in [0.2, 0.25) is 5.76 Å². The van der Waals surface area contributed by atoms with Crippen LogP contribution in [0.1, 0.15) is 26.8 Å². The van der Waals surface area contributed by atoms with Crippen LogP contribution >= 0.6 is 0 Å². The summed E-state index contributed by atoms with van der Waals surface area (Å²) in [7, 11) is 0. The molecule has 0 aliphatic carbocycles. The Morgan fingerprint density at radius 2 is 2.00 bits per heavy atom. The summed E-state index contributed by atoms with van der Waals surface area (Å²) in [6, 6.07) is 6.14. The standard InChI is InChI=1S/C14H10N4O5/c19-13(20)10-4-3-9(23-10)7-18-12(8-2-1-5-15-6-8)11(14(21)22)16-17-18/h1-6H,7H2,(H,19,20)(H,21,22). The normalized spacial score (nSPS) is 10.6. The molecular formula is C14H10N4O5. The fraction of sp³-hybridized carbons (Fsp3) is 0.0714. The number of carbonyl (C=O) groups is 2. The van der Waals surface area contributed by atoms with Crippen LogP contribution in [0.3, 0.4) is 0 Å². The minimum absolute atomic E-state index is 0.0395. The van der Waals surface area contributed by atoms with E-state index < -0.39 is 11.9 Å². The number of carboxylic acid groups (broad SMARTS) is 2. The van der Waals surface area contributed by atoms with Gasteiger partial charge in [0.25, 0.3) is 0 Å². The van der Waals surface area contributed by atoms with Crippen LogP contribution in [0, 0.1) is 0 Å². The molecule has 9 nitrogen and oxygen atoms in total. The highest BCUT2D eigenvalue weighted by Gasteiger charge is 2.21. The summed E-state index contributed by atoms with van der Waals surface area (Å²) in [5, 5.41) is 25.6. The lowest BCUT2D eigenvalue weighted by Crippen LogP contribution is -2.06. The van der Waals surface area contributed by atoms with Gasteiger partial charge in [-0.05, 0) is 24.3 Å². The Morgan fingerprint density at radius 1 is 1.17 bits per heavy atom. The fourth-order valence-electron chi connectivity index (χ4n) is 2.08. The van der Waals surface area contributed by atoms with E-state index in [-0.39, 0.29) is 23.7 Å². The van der Waals surface area contributed by atoms with Gasteiger partial charge in [0.1, 0.15) is 18.0 Å². The van der Waals surface area contributed by atoms with Crippen LogP contribution in [0.5, 0.6) is 0 Å². The van der Waals surface area contributed by atoms with Crippen molar-refractivity contribution in [3.05, 3.63) is 53.9 Å². The van der Waals surface area contributed by atoms with Gasteiger partial charge < -0.3 is 14.6 Å². The minimum Gasteiger partial charge on any atom is -0.476 e. The zero-order valence-electron chi connectivity index (χ0n) is 11.6. The Balaban J connectivity index is 2.02. The van der Waals surface area contributed by atoms with Gasteiger partial charge in [-0.15, -0.1) is 5.10 Å². The van der Waals surface area contributed by atoms with Crippen LogP contribution in [0.4, 0.5) is 0 Å². The van der Waals surface area contributed by atoms with Crippen molar-refractivity contribution >= 4 is 11.9 Å². The van der Waals surface area contributed by atoms with Gasteiger partial charge in [0, 0.05) is 18.0 Å². The molecule has 0 spiro atoms.